The minimum atomic E-state index is -1.36. The molecule has 0 fully saturated rings. The van der Waals surface area contributed by atoms with Crippen LogP contribution in [0.15, 0.2) is 77.9 Å². The maximum atomic E-state index is 14.8. The van der Waals surface area contributed by atoms with Crippen molar-refractivity contribution in [2.24, 2.45) is 11.0 Å². The lowest BCUT2D eigenvalue weighted by atomic mass is 9.83. The number of carbonyl (C=O) groups is 2. The third kappa shape index (κ3) is 5.02. The SMILES string of the molecule is CC(=O)N1N=C(c2cc(F)ccc2F)SC12c1ccccc1N(C(=O)OCc1ccccc1)CC2CC[N+](=O)[O-]. The van der Waals surface area contributed by atoms with Gasteiger partial charge in [0.15, 0.2) is 0 Å². The Bertz CT molecular complexity index is 1510. The summed E-state index contributed by atoms with van der Waals surface area (Å²) in [4.78, 5) is 37.4. The predicted molar refractivity (Wildman–Crippen MR) is 145 cm³/mol. The van der Waals surface area contributed by atoms with Crippen LogP contribution in [0.1, 0.15) is 30.0 Å². The Kier molecular flexibility index (Phi) is 7.53. The summed E-state index contributed by atoms with van der Waals surface area (Å²) in [5.41, 5.74) is 1.55. The van der Waals surface area contributed by atoms with Crippen LogP contribution in [-0.4, -0.2) is 40.1 Å². The molecule has 3 aromatic rings. The van der Waals surface area contributed by atoms with E-state index in [9.17, 15) is 28.5 Å². The summed E-state index contributed by atoms with van der Waals surface area (Å²) >= 11 is 1.02. The molecular weight excluding hydrogens is 542 g/mol. The maximum absolute atomic E-state index is 14.8. The third-order valence-corrected chi connectivity index (χ3v) is 8.37. The summed E-state index contributed by atoms with van der Waals surface area (Å²) in [6.45, 7) is 0.814. The van der Waals surface area contributed by atoms with E-state index < -0.39 is 45.9 Å². The minimum absolute atomic E-state index is 0.0173. The summed E-state index contributed by atoms with van der Waals surface area (Å²) in [6, 6.07) is 18.9. The first-order valence-electron chi connectivity index (χ1n) is 12.4. The summed E-state index contributed by atoms with van der Waals surface area (Å²) in [5.74, 6) is -2.63. The summed E-state index contributed by atoms with van der Waals surface area (Å²) in [6.07, 6.45) is -0.693. The number of rotatable bonds is 6. The van der Waals surface area contributed by atoms with Crippen LogP contribution in [0.25, 0.3) is 0 Å². The van der Waals surface area contributed by atoms with Crippen LogP contribution >= 0.6 is 11.8 Å². The van der Waals surface area contributed by atoms with Gasteiger partial charge in [0.2, 0.25) is 12.5 Å². The Morgan fingerprint density at radius 2 is 1.85 bits per heavy atom. The van der Waals surface area contributed by atoms with E-state index in [0.717, 1.165) is 35.5 Å². The number of hydrogen-bond acceptors (Lipinski definition) is 7. The van der Waals surface area contributed by atoms with Gasteiger partial charge < -0.3 is 4.74 Å². The van der Waals surface area contributed by atoms with Crippen LogP contribution in [0.5, 0.6) is 0 Å². The van der Waals surface area contributed by atoms with Gasteiger partial charge >= 0.3 is 6.09 Å². The highest BCUT2D eigenvalue weighted by Crippen LogP contribution is 2.58. The number of thioether (sulfide) groups is 1. The van der Waals surface area contributed by atoms with Crippen molar-refractivity contribution in [1.82, 2.24) is 5.01 Å². The van der Waals surface area contributed by atoms with Crippen LogP contribution in [-0.2, 0) is 21.0 Å². The van der Waals surface area contributed by atoms with Crippen LogP contribution in [0.3, 0.4) is 0 Å². The summed E-state index contributed by atoms with van der Waals surface area (Å²) in [5, 5.41) is 17.1. The lowest BCUT2D eigenvalue weighted by Gasteiger charge is -2.48. The van der Waals surface area contributed by atoms with Gasteiger partial charge in [0.05, 0.1) is 5.69 Å². The average Bonchev–Trinajstić information content (AvgIpc) is 3.34. The van der Waals surface area contributed by atoms with Gasteiger partial charge in [0.25, 0.3) is 0 Å². The molecule has 2 unspecified atom stereocenters. The van der Waals surface area contributed by atoms with E-state index in [1.165, 1.54) is 16.8 Å². The van der Waals surface area contributed by atoms with Crippen molar-refractivity contribution in [2.75, 3.05) is 18.0 Å². The number of amides is 2. The molecule has 0 saturated heterocycles. The molecule has 12 heteroatoms. The normalized spacial score (nSPS) is 19.8. The molecule has 2 amide bonds. The topological polar surface area (TPSA) is 105 Å². The van der Waals surface area contributed by atoms with Crippen molar-refractivity contribution in [3.8, 4) is 0 Å². The summed E-state index contributed by atoms with van der Waals surface area (Å²) in [7, 11) is 0. The molecule has 0 aromatic heterocycles. The smallest absolute Gasteiger partial charge is 0.414 e. The number of ether oxygens (including phenoxy) is 1. The number of hydrazone groups is 1. The molecule has 0 radical (unpaired) electrons. The highest BCUT2D eigenvalue weighted by molar-refractivity contribution is 8.15. The van der Waals surface area contributed by atoms with Crippen LogP contribution in [0, 0.1) is 27.7 Å². The standard InChI is InChI=1S/C28H24F2N4O5S/c1-18(35)34-28(40-26(31-34)22-15-21(29)11-12-24(22)30)20(13-14-33(37)38)16-32(25-10-6-5-9-23(25)28)27(36)39-17-19-7-3-2-4-8-19/h2-12,15,20H,13-14,16-17H2,1H3. The fraction of sp³-hybridized carbons (Fsp3) is 0.250. The Balaban J connectivity index is 1.58. The van der Waals surface area contributed by atoms with Gasteiger partial charge in [-0.1, -0.05) is 60.3 Å². The molecule has 2 heterocycles. The van der Waals surface area contributed by atoms with E-state index in [-0.39, 0.29) is 30.2 Å². The second-order valence-corrected chi connectivity index (χ2v) is 10.6. The van der Waals surface area contributed by atoms with Gasteiger partial charge in [-0.3, -0.25) is 19.8 Å². The minimum Gasteiger partial charge on any atom is -0.444 e. The number of carbonyl (C=O) groups excluding carboxylic acids is 2. The Morgan fingerprint density at radius 1 is 1.12 bits per heavy atom. The molecule has 5 rings (SSSR count). The zero-order chi connectivity index (χ0) is 28.4. The molecular formula is C28H24F2N4O5S. The van der Waals surface area contributed by atoms with E-state index in [2.05, 4.69) is 5.10 Å². The molecule has 3 aromatic carbocycles. The number of fused-ring (bicyclic) bond motifs is 2. The van der Waals surface area contributed by atoms with Crippen molar-refractivity contribution >= 4 is 34.5 Å². The fourth-order valence-electron chi connectivity index (χ4n) is 5.07. The van der Waals surface area contributed by atoms with Crippen molar-refractivity contribution in [3.05, 3.63) is 111 Å². The maximum Gasteiger partial charge on any atom is 0.414 e. The molecule has 0 aliphatic carbocycles. The quantitative estimate of drug-likeness (QED) is 0.288. The molecule has 2 atom stereocenters. The number of anilines is 1. The molecule has 40 heavy (non-hydrogen) atoms. The van der Waals surface area contributed by atoms with Gasteiger partial charge in [0, 0.05) is 41.9 Å². The number of nitro groups is 1. The van der Waals surface area contributed by atoms with Crippen molar-refractivity contribution in [1.29, 1.82) is 0 Å². The Morgan fingerprint density at radius 3 is 2.58 bits per heavy atom. The number of para-hydroxylation sites is 1. The monoisotopic (exact) mass is 566 g/mol. The van der Waals surface area contributed by atoms with E-state index in [1.54, 1.807) is 24.3 Å². The molecule has 0 saturated carbocycles. The third-order valence-electron chi connectivity index (χ3n) is 6.84. The zero-order valence-corrected chi connectivity index (χ0v) is 22.1. The van der Waals surface area contributed by atoms with Gasteiger partial charge in [-0.05, 0) is 29.8 Å². The van der Waals surface area contributed by atoms with E-state index >= 15 is 0 Å². The van der Waals surface area contributed by atoms with Gasteiger partial charge in [-0.2, -0.15) is 5.10 Å². The largest absolute Gasteiger partial charge is 0.444 e. The van der Waals surface area contributed by atoms with E-state index in [1.807, 2.05) is 30.3 Å². The van der Waals surface area contributed by atoms with Crippen LogP contribution in [0.4, 0.5) is 19.3 Å². The molecule has 0 bridgehead atoms. The van der Waals surface area contributed by atoms with Crippen LogP contribution in [0.2, 0.25) is 0 Å². The van der Waals surface area contributed by atoms with Crippen molar-refractivity contribution < 1.29 is 28.0 Å². The van der Waals surface area contributed by atoms with Crippen molar-refractivity contribution in [2.45, 2.75) is 24.8 Å². The first-order valence-corrected chi connectivity index (χ1v) is 13.3. The van der Waals surface area contributed by atoms with E-state index in [0.29, 0.717) is 11.3 Å². The molecule has 2 aliphatic heterocycles. The second-order valence-electron chi connectivity index (χ2n) is 9.37. The van der Waals surface area contributed by atoms with Crippen molar-refractivity contribution in [3.63, 3.8) is 0 Å². The highest BCUT2D eigenvalue weighted by atomic mass is 32.2. The zero-order valence-electron chi connectivity index (χ0n) is 21.3. The van der Waals surface area contributed by atoms with Gasteiger partial charge in [-0.25, -0.2) is 18.6 Å². The number of benzene rings is 3. The molecule has 2 aliphatic rings. The van der Waals surface area contributed by atoms with Crippen LogP contribution < -0.4 is 4.90 Å². The Labute approximate surface area is 232 Å². The summed E-state index contributed by atoms with van der Waals surface area (Å²) < 4.78 is 34.5. The average molecular weight is 567 g/mol. The lowest BCUT2D eigenvalue weighted by molar-refractivity contribution is -0.482. The highest BCUT2D eigenvalue weighted by Gasteiger charge is 2.58. The fourth-order valence-corrected chi connectivity index (χ4v) is 6.65. The molecule has 1 spiro atoms. The lowest BCUT2D eigenvalue weighted by Crippen LogP contribution is -2.55. The first kappa shape index (κ1) is 27.3. The molecule has 9 nitrogen and oxygen atoms in total. The molecule has 206 valence electrons. The predicted octanol–water partition coefficient (Wildman–Crippen LogP) is 5.51. The number of hydrogen-bond donors (Lipinski definition) is 0. The number of halogens is 2. The Hall–Kier alpha value is -4.32. The van der Waals surface area contributed by atoms with E-state index in [4.69, 9.17) is 4.74 Å². The molecule has 0 N–H and O–H groups in total. The first-order chi connectivity index (χ1) is 19.2. The van der Waals surface area contributed by atoms with Gasteiger partial charge in [-0.15, -0.1) is 0 Å². The van der Waals surface area contributed by atoms with Gasteiger partial charge in [0.1, 0.15) is 28.2 Å². The second kappa shape index (κ2) is 11.0. The number of nitrogens with zero attached hydrogens (tertiary/aromatic N) is 4.